The average molecular weight is 266 g/mol. The molecule has 3 heterocycles. The zero-order valence-electron chi connectivity index (χ0n) is 10.4. The maximum atomic E-state index is 5.98. The van der Waals surface area contributed by atoms with Crippen molar-refractivity contribution in [1.29, 1.82) is 0 Å². The summed E-state index contributed by atoms with van der Waals surface area (Å²) in [4.78, 5) is 9.02. The molecule has 0 radical (unpaired) electrons. The molecule has 0 amide bonds. The van der Waals surface area contributed by atoms with Gasteiger partial charge in [-0.25, -0.2) is 9.97 Å². The van der Waals surface area contributed by atoms with E-state index < -0.39 is 0 Å². The second-order valence-corrected chi connectivity index (χ2v) is 5.03. The lowest BCUT2D eigenvalue weighted by molar-refractivity contribution is 0.0972. The number of ether oxygens (including phenoxy) is 1. The van der Waals surface area contributed by atoms with E-state index in [4.69, 9.17) is 16.3 Å². The summed E-state index contributed by atoms with van der Waals surface area (Å²) in [6.45, 7) is 3.68. The fraction of sp³-hybridized carbons (Fsp3) is 0.538. The minimum Gasteiger partial charge on any atom is -0.376 e. The maximum Gasteiger partial charge on any atom is 0.160 e. The lowest BCUT2D eigenvalue weighted by Gasteiger charge is -2.12. The fourth-order valence-electron chi connectivity index (χ4n) is 2.44. The van der Waals surface area contributed by atoms with E-state index in [-0.39, 0.29) is 6.10 Å². The van der Waals surface area contributed by atoms with Gasteiger partial charge in [0.2, 0.25) is 0 Å². The van der Waals surface area contributed by atoms with Gasteiger partial charge in [-0.05, 0) is 31.4 Å². The van der Waals surface area contributed by atoms with E-state index >= 15 is 0 Å². The molecule has 1 atom stereocenters. The Balaban J connectivity index is 2.01. The third-order valence-corrected chi connectivity index (χ3v) is 3.57. The highest BCUT2D eigenvalue weighted by atomic mass is 35.5. The van der Waals surface area contributed by atoms with Crippen molar-refractivity contribution in [1.82, 2.24) is 14.5 Å². The summed E-state index contributed by atoms with van der Waals surface area (Å²) < 4.78 is 7.77. The van der Waals surface area contributed by atoms with Gasteiger partial charge in [0.05, 0.1) is 18.5 Å². The molecule has 5 heteroatoms. The van der Waals surface area contributed by atoms with Crippen LogP contribution in [0.3, 0.4) is 0 Å². The quantitative estimate of drug-likeness (QED) is 0.801. The Morgan fingerprint density at radius 3 is 3.17 bits per heavy atom. The number of rotatable bonds is 3. The first-order valence-corrected chi connectivity index (χ1v) is 6.80. The van der Waals surface area contributed by atoms with Crippen molar-refractivity contribution in [3.63, 3.8) is 0 Å². The van der Waals surface area contributed by atoms with E-state index in [9.17, 15) is 0 Å². The Hall–Kier alpha value is -1.13. The monoisotopic (exact) mass is 265 g/mol. The topological polar surface area (TPSA) is 39.9 Å². The van der Waals surface area contributed by atoms with Gasteiger partial charge in [-0.2, -0.15) is 0 Å². The third-order valence-electron chi connectivity index (χ3n) is 3.33. The Labute approximate surface area is 111 Å². The minimum atomic E-state index is 0.271. The molecule has 3 rings (SSSR count). The van der Waals surface area contributed by atoms with Gasteiger partial charge in [0.15, 0.2) is 5.65 Å². The normalized spacial score (nSPS) is 19.8. The average Bonchev–Trinajstić information content (AvgIpc) is 2.97. The van der Waals surface area contributed by atoms with Crippen molar-refractivity contribution in [3.8, 4) is 0 Å². The Bertz CT molecular complexity index is 561. The molecule has 1 aliphatic rings. The lowest BCUT2D eigenvalue weighted by atomic mass is 10.2. The van der Waals surface area contributed by atoms with Crippen LogP contribution in [-0.2, 0) is 17.2 Å². The lowest BCUT2D eigenvalue weighted by Crippen LogP contribution is -2.16. The third kappa shape index (κ3) is 2.10. The van der Waals surface area contributed by atoms with Crippen molar-refractivity contribution in [2.24, 2.45) is 0 Å². The maximum absolute atomic E-state index is 5.98. The second-order valence-electron chi connectivity index (χ2n) is 4.76. The Morgan fingerprint density at radius 2 is 2.44 bits per heavy atom. The summed E-state index contributed by atoms with van der Waals surface area (Å²) in [5, 5.41) is 0. The smallest absolute Gasteiger partial charge is 0.160 e. The first-order valence-electron chi connectivity index (χ1n) is 6.27. The standard InChI is InChI=1S/C13H16ClN3O/c1-9-5-11-13(15-7-9)17(12(6-14)16-11)8-10-3-2-4-18-10/h5,7,10H,2-4,6,8H2,1H3. The Kier molecular flexibility index (Phi) is 3.22. The number of fused-ring (bicyclic) bond motifs is 1. The molecule has 0 aromatic carbocycles. The Morgan fingerprint density at radius 1 is 1.56 bits per heavy atom. The number of alkyl halides is 1. The molecule has 0 aliphatic carbocycles. The molecule has 2 aromatic heterocycles. The number of nitrogens with zero attached hydrogens (tertiary/aromatic N) is 3. The summed E-state index contributed by atoms with van der Waals surface area (Å²) in [5.41, 5.74) is 2.95. The second kappa shape index (κ2) is 4.86. The van der Waals surface area contributed by atoms with Crippen LogP contribution in [0.2, 0.25) is 0 Å². The van der Waals surface area contributed by atoms with Gasteiger partial charge in [0.25, 0.3) is 0 Å². The van der Waals surface area contributed by atoms with Crippen molar-refractivity contribution < 1.29 is 4.74 Å². The molecular weight excluding hydrogens is 250 g/mol. The predicted molar refractivity (Wildman–Crippen MR) is 70.8 cm³/mol. The van der Waals surface area contributed by atoms with Crippen LogP contribution in [0.15, 0.2) is 12.3 Å². The number of pyridine rings is 1. The fourth-order valence-corrected chi connectivity index (χ4v) is 2.65. The van der Waals surface area contributed by atoms with Crippen molar-refractivity contribution >= 4 is 22.8 Å². The van der Waals surface area contributed by atoms with Gasteiger partial charge in [-0.15, -0.1) is 11.6 Å². The molecule has 1 fully saturated rings. The number of hydrogen-bond acceptors (Lipinski definition) is 3. The number of imidazole rings is 1. The van der Waals surface area contributed by atoms with Crippen LogP contribution in [0.25, 0.3) is 11.2 Å². The van der Waals surface area contributed by atoms with Crippen LogP contribution >= 0.6 is 11.6 Å². The minimum absolute atomic E-state index is 0.271. The molecule has 0 N–H and O–H groups in total. The van der Waals surface area contributed by atoms with Crippen molar-refractivity contribution in [2.45, 2.75) is 38.3 Å². The molecule has 0 saturated carbocycles. The van der Waals surface area contributed by atoms with Gasteiger partial charge in [-0.1, -0.05) is 0 Å². The molecule has 96 valence electrons. The van der Waals surface area contributed by atoms with Crippen LogP contribution in [0.5, 0.6) is 0 Å². The van der Waals surface area contributed by atoms with Crippen LogP contribution in [0.1, 0.15) is 24.2 Å². The largest absolute Gasteiger partial charge is 0.376 e. The van der Waals surface area contributed by atoms with E-state index in [1.165, 1.54) is 0 Å². The first kappa shape index (κ1) is 11.9. The first-order chi connectivity index (χ1) is 8.78. The van der Waals surface area contributed by atoms with Gasteiger partial charge in [-0.3, -0.25) is 0 Å². The van der Waals surface area contributed by atoms with Gasteiger partial charge in [0, 0.05) is 12.8 Å². The van der Waals surface area contributed by atoms with Crippen LogP contribution in [-0.4, -0.2) is 27.2 Å². The molecule has 0 bridgehead atoms. The van der Waals surface area contributed by atoms with E-state index in [0.717, 1.165) is 48.5 Å². The molecule has 1 unspecified atom stereocenters. The summed E-state index contributed by atoms with van der Waals surface area (Å²) in [6.07, 6.45) is 4.38. The highest BCUT2D eigenvalue weighted by Crippen LogP contribution is 2.21. The highest BCUT2D eigenvalue weighted by molar-refractivity contribution is 6.16. The highest BCUT2D eigenvalue weighted by Gasteiger charge is 2.20. The van der Waals surface area contributed by atoms with Crippen molar-refractivity contribution in [3.05, 3.63) is 23.7 Å². The molecule has 1 aliphatic heterocycles. The SMILES string of the molecule is Cc1cnc2c(c1)nc(CCl)n2CC1CCCO1. The molecular formula is C13H16ClN3O. The molecule has 4 nitrogen and oxygen atoms in total. The van der Waals surface area contributed by atoms with Crippen molar-refractivity contribution in [2.75, 3.05) is 6.61 Å². The summed E-state index contributed by atoms with van der Waals surface area (Å²) in [7, 11) is 0. The molecule has 0 spiro atoms. The van der Waals surface area contributed by atoms with E-state index in [0.29, 0.717) is 5.88 Å². The summed E-state index contributed by atoms with van der Waals surface area (Å²) in [6, 6.07) is 2.05. The van der Waals surface area contributed by atoms with Gasteiger partial charge < -0.3 is 9.30 Å². The summed E-state index contributed by atoms with van der Waals surface area (Å²) in [5.74, 6) is 1.28. The number of hydrogen-bond donors (Lipinski definition) is 0. The molecule has 18 heavy (non-hydrogen) atoms. The predicted octanol–water partition coefficient (Wildman–Crippen LogP) is 2.66. The van der Waals surface area contributed by atoms with Gasteiger partial charge in [0.1, 0.15) is 11.3 Å². The zero-order chi connectivity index (χ0) is 12.5. The molecule has 2 aromatic rings. The zero-order valence-corrected chi connectivity index (χ0v) is 11.2. The van der Waals surface area contributed by atoms with E-state index in [1.54, 1.807) is 0 Å². The van der Waals surface area contributed by atoms with Crippen LogP contribution < -0.4 is 0 Å². The van der Waals surface area contributed by atoms with Gasteiger partial charge >= 0.3 is 0 Å². The van der Waals surface area contributed by atoms with E-state index in [1.807, 2.05) is 19.2 Å². The summed E-state index contributed by atoms with van der Waals surface area (Å²) >= 11 is 5.98. The number of aromatic nitrogens is 3. The van der Waals surface area contributed by atoms with Crippen LogP contribution in [0, 0.1) is 6.92 Å². The van der Waals surface area contributed by atoms with E-state index in [2.05, 4.69) is 14.5 Å². The van der Waals surface area contributed by atoms with Crippen LogP contribution in [0.4, 0.5) is 0 Å². The molecule has 1 saturated heterocycles. The number of aryl methyl sites for hydroxylation is 1. The number of halogens is 1.